The van der Waals surface area contributed by atoms with Crippen molar-refractivity contribution in [2.75, 3.05) is 0 Å². The highest BCUT2D eigenvalue weighted by atomic mass is 16.6. The van der Waals surface area contributed by atoms with Crippen LogP contribution in [0, 0.1) is 16.0 Å². The molecule has 1 atom stereocenters. The molecular formula is C11H15NO2. The first kappa shape index (κ1) is 10.7. The Bertz CT molecular complexity index is 306. The second-order valence-electron chi connectivity index (χ2n) is 3.64. The lowest BCUT2D eigenvalue weighted by Gasteiger charge is -2.07. The van der Waals surface area contributed by atoms with Crippen molar-refractivity contribution in [1.82, 2.24) is 0 Å². The Morgan fingerprint density at radius 3 is 2.36 bits per heavy atom. The van der Waals surface area contributed by atoms with E-state index in [0.717, 1.165) is 12.8 Å². The molecule has 3 nitrogen and oxygen atoms in total. The zero-order valence-electron chi connectivity index (χ0n) is 8.56. The Hall–Kier alpha value is -1.38. The van der Waals surface area contributed by atoms with Crippen molar-refractivity contribution in [3.8, 4) is 0 Å². The number of non-ortho nitro benzene ring substituents is 1. The molecule has 0 aliphatic carbocycles. The van der Waals surface area contributed by atoms with Crippen molar-refractivity contribution in [3.63, 3.8) is 0 Å². The zero-order chi connectivity index (χ0) is 10.6. The van der Waals surface area contributed by atoms with Crippen LogP contribution < -0.4 is 0 Å². The predicted molar refractivity (Wildman–Crippen MR) is 56.3 cm³/mol. The first-order valence-electron chi connectivity index (χ1n) is 4.86. The van der Waals surface area contributed by atoms with Crippen molar-refractivity contribution in [1.29, 1.82) is 0 Å². The highest BCUT2D eigenvalue weighted by molar-refractivity contribution is 5.32. The molecule has 0 radical (unpaired) electrons. The maximum Gasteiger partial charge on any atom is 0.269 e. The van der Waals surface area contributed by atoms with Gasteiger partial charge in [-0.25, -0.2) is 0 Å². The monoisotopic (exact) mass is 193 g/mol. The molecule has 0 spiro atoms. The third kappa shape index (κ3) is 2.83. The average molecular weight is 193 g/mol. The maximum absolute atomic E-state index is 10.4. The van der Waals surface area contributed by atoms with Gasteiger partial charge in [0, 0.05) is 12.1 Å². The lowest BCUT2D eigenvalue weighted by Crippen LogP contribution is -1.97. The highest BCUT2D eigenvalue weighted by Crippen LogP contribution is 2.15. The second kappa shape index (κ2) is 4.74. The smallest absolute Gasteiger partial charge is 0.258 e. The summed E-state index contributed by atoms with van der Waals surface area (Å²) in [4.78, 5) is 10.0. The van der Waals surface area contributed by atoms with Crippen molar-refractivity contribution in [3.05, 3.63) is 39.9 Å². The van der Waals surface area contributed by atoms with E-state index in [1.165, 1.54) is 5.56 Å². The van der Waals surface area contributed by atoms with Gasteiger partial charge in [0.15, 0.2) is 0 Å². The minimum Gasteiger partial charge on any atom is -0.258 e. The molecular weight excluding hydrogens is 178 g/mol. The van der Waals surface area contributed by atoms with Gasteiger partial charge < -0.3 is 0 Å². The van der Waals surface area contributed by atoms with Gasteiger partial charge in [-0.2, -0.15) is 0 Å². The molecule has 1 aromatic rings. The SMILES string of the molecule is CCC(C)Cc1ccc([N+](=O)[O-])cc1. The van der Waals surface area contributed by atoms with Crippen LogP contribution in [0.2, 0.25) is 0 Å². The first-order chi connectivity index (χ1) is 6.63. The fourth-order valence-electron chi connectivity index (χ4n) is 1.30. The van der Waals surface area contributed by atoms with Crippen LogP contribution in [0.25, 0.3) is 0 Å². The van der Waals surface area contributed by atoms with Crippen LogP contribution in [0.3, 0.4) is 0 Å². The minimum absolute atomic E-state index is 0.165. The molecule has 1 unspecified atom stereocenters. The Kier molecular flexibility index (Phi) is 3.63. The number of nitrogens with zero attached hydrogens (tertiary/aromatic N) is 1. The average Bonchev–Trinajstić information content (AvgIpc) is 2.18. The normalized spacial score (nSPS) is 12.4. The quantitative estimate of drug-likeness (QED) is 0.544. The van der Waals surface area contributed by atoms with Crippen LogP contribution in [-0.4, -0.2) is 4.92 Å². The van der Waals surface area contributed by atoms with Crippen molar-refractivity contribution in [2.24, 2.45) is 5.92 Å². The van der Waals surface area contributed by atoms with E-state index in [9.17, 15) is 10.1 Å². The summed E-state index contributed by atoms with van der Waals surface area (Å²) in [6.45, 7) is 4.33. The Labute approximate surface area is 83.9 Å². The van der Waals surface area contributed by atoms with E-state index in [0.29, 0.717) is 5.92 Å². The second-order valence-corrected chi connectivity index (χ2v) is 3.64. The molecule has 0 aliphatic heterocycles. The van der Waals surface area contributed by atoms with Gasteiger partial charge in [-0.05, 0) is 17.9 Å². The van der Waals surface area contributed by atoms with Gasteiger partial charge >= 0.3 is 0 Å². The maximum atomic E-state index is 10.4. The predicted octanol–water partition coefficient (Wildman–Crippen LogP) is 3.18. The lowest BCUT2D eigenvalue weighted by molar-refractivity contribution is -0.384. The van der Waals surface area contributed by atoms with Crippen LogP contribution in [0.1, 0.15) is 25.8 Å². The van der Waals surface area contributed by atoms with Crippen LogP contribution in [-0.2, 0) is 6.42 Å². The van der Waals surface area contributed by atoms with E-state index in [-0.39, 0.29) is 10.6 Å². The van der Waals surface area contributed by atoms with Gasteiger partial charge in [0.05, 0.1) is 4.92 Å². The van der Waals surface area contributed by atoms with E-state index in [1.807, 2.05) is 12.1 Å². The van der Waals surface area contributed by atoms with E-state index in [4.69, 9.17) is 0 Å². The highest BCUT2D eigenvalue weighted by Gasteiger charge is 2.05. The fraction of sp³-hybridized carbons (Fsp3) is 0.455. The number of nitro groups is 1. The van der Waals surface area contributed by atoms with Crippen LogP contribution in [0.4, 0.5) is 5.69 Å². The number of nitro benzene ring substituents is 1. The molecule has 1 aromatic carbocycles. The molecule has 0 saturated heterocycles. The number of hydrogen-bond donors (Lipinski definition) is 0. The van der Waals surface area contributed by atoms with Crippen LogP contribution in [0.5, 0.6) is 0 Å². The van der Waals surface area contributed by atoms with E-state index < -0.39 is 0 Å². The van der Waals surface area contributed by atoms with Gasteiger partial charge in [0.25, 0.3) is 5.69 Å². The zero-order valence-corrected chi connectivity index (χ0v) is 8.56. The lowest BCUT2D eigenvalue weighted by atomic mass is 9.99. The van der Waals surface area contributed by atoms with Crippen molar-refractivity contribution < 1.29 is 4.92 Å². The van der Waals surface area contributed by atoms with Gasteiger partial charge in [-0.1, -0.05) is 32.4 Å². The molecule has 0 N–H and O–H groups in total. The largest absolute Gasteiger partial charge is 0.269 e. The molecule has 1 rings (SSSR count). The van der Waals surface area contributed by atoms with Gasteiger partial charge in [-0.15, -0.1) is 0 Å². The van der Waals surface area contributed by atoms with E-state index in [1.54, 1.807) is 12.1 Å². The molecule has 0 saturated carbocycles. The minimum atomic E-state index is -0.368. The Morgan fingerprint density at radius 1 is 1.36 bits per heavy atom. The molecule has 76 valence electrons. The summed E-state index contributed by atoms with van der Waals surface area (Å²) in [6.07, 6.45) is 2.13. The van der Waals surface area contributed by atoms with Gasteiger partial charge in [0.2, 0.25) is 0 Å². The summed E-state index contributed by atoms with van der Waals surface area (Å²) in [6, 6.07) is 6.81. The fourth-order valence-corrected chi connectivity index (χ4v) is 1.30. The Morgan fingerprint density at radius 2 is 1.93 bits per heavy atom. The molecule has 0 amide bonds. The summed E-state index contributed by atoms with van der Waals surface area (Å²) in [5.74, 6) is 0.636. The number of hydrogen-bond acceptors (Lipinski definition) is 2. The van der Waals surface area contributed by atoms with E-state index in [2.05, 4.69) is 13.8 Å². The molecule has 0 aliphatic rings. The van der Waals surface area contributed by atoms with Crippen LogP contribution >= 0.6 is 0 Å². The van der Waals surface area contributed by atoms with Crippen molar-refractivity contribution in [2.45, 2.75) is 26.7 Å². The van der Waals surface area contributed by atoms with Crippen molar-refractivity contribution >= 4 is 5.69 Å². The standard InChI is InChI=1S/C11H15NO2/c1-3-9(2)8-10-4-6-11(7-5-10)12(13)14/h4-7,9H,3,8H2,1-2H3. The van der Waals surface area contributed by atoms with E-state index >= 15 is 0 Å². The molecule has 0 heterocycles. The summed E-state index contributed by atoms with van der Waals surface area (Å²) in [5.41, 5.74) is 1.34. The third-order valence-electron chi connectivity index (χ3n) is 2.43. The molecule has 3 heteroatoms. The molecule has 0 bridgehead atoms. The first-order valence-corrected chi connectivity index (χ1v) is 4.86. The summed E-state index contributed by atoms with van der Waals surface area (Å²) >= 11 is 0. The number of rotatable bonds is 4. The third-order valence-corrected chi connectivity index (χ3v) is 2.43. The summed E-state index contributed by atoms with van der Waals surface area (Å²) in [7, 11) is 0. The topological polar surface area (TPSA) is 43.1 Å². The molecule has 14 heavy (non-hydrogen) atoms. The van der Waals surface area contributed by atoms with Crippen LogP contribution in [0.15, 0.2) is 24.3 Å². The Balaban J connectivity index is 2.68. The number of benzene rings is 1. The molecule has 0 fully saturated rings. The summed E-state index contributed by atoms with van der Waals surface area (Å²) < 4.78 is 0. The van der Waals surface area contributed by atoms with Gasteiger partial charge in [0.1, 0.15) is 0 Å². The molecule has 0 aromatic heterocycles. The summed E-state index contributed by atoms with van der Waals surface area (Å²) in [5, 5.41) is 10.4. The van der Waals surface area contributed by atoms with Gasteiger partial charge in [-0.3, -0.25) is 10.1 Å².